The number of benzene rings is 1. The molecule has 11 heavy (non-hydrogen) atoms. The van der Waals surface area contributed by atoms with Crippen LogP contribution in [0.2, 0.25) is 0 Å². The normalized spacial score (nSPS) is 35.3. The summed E-state index contributed by atoms with van der Waals surface area (Å²) in [5.74, 6) is 0.740. The minimum atomic E-state index is 0.383. The van der Waals surface area contributed by atoms with Gasteiger partial charge >= 0.3 is 0 Å². The maximum absolute atomic E-state index is 3.69. The van der Waals surface area contributed by atoms with Crippen molar-refractivity contribution in [1.29, 1.82) is 0 Å². The Morgan fingerprint density at radius 3 is 2.36 bits per heavy atom. The molecular weight excluding hydrogens is 200 g/mol. The van der Waals surface area contributed by atoms with Crippen LogP contribution in [0.15, 0.2) is 30.3 Å². The van der Waals surface area contributed by atoms with Crippen molar-refractivity contribution in [3.05, 3.63) is 35.9 Å². The fourth-order valence-electron chi connectivity index (χ4n) is 1.49. The Labute approximate surface area is 75.8 Å². The van der Waals surface area contributed by atoms with Gasteiger partial charge in [-0.3, -0.25) is 0 Å². The highest BCUT2D eigenvalue weighted by atomic mass is 79.9. The quantitative estimate of drug-likeness (QED) is 0.625. The third-order valence-electron chi connectivity index (χ3n) is 2.37. The lowest BCUT2D eigenvalue weighted by molar-refractivity contribution is 0.990. The zero-order chi connectivity index (χ0) is 7.90. The van der Waals surface area contributed by atoms with Gasteiger partial charge in [0.2, 0.25) is 0 Å². The fourth-order valence-corrected chi connectivity index (χ4v) is 2.08. The summed E-state index contributed by atoms with van der Waals surface area (Å²) < 4.78 is 0.383. The minimum Gasteiger partial charge on any atom is -0.0849 e. The zero-order valence-electron chi connectivity index (χ0n) is 6.55. The van der Waals surface area contributed by atoms with Crippen LogP contribution in [-0.2, 0) is 0 Å². The topological polar surface area (TPSA) is 0 Å². The van der Waals surface area contributed by atoms with Gasteiger partial charge in [-0.25, -0.2) is 0 Å². The number of rotatable bonds is 1. The lowest BCUT2D eigenvalue weighted by atomic mass is 10.1. The van der Waals surface area contributed by atoms with E-state index in [0.29, 0.717) is 4.32 Å². The van der Waals surface area contributed by atoms with E-state index in [4.69, 9.17) is 0 Å². The van der Waals surface area contributed by atoms with Gasteiger partial charge in [0, 0.05) is 10.2 Å². The van der Waals surface area contributed by atoms with E-state index < -0.39 is 0 Å². The van der Waals surface area contributed by atoms with E-state index in [9.17, 15) is 0 Å². The molecule has 0 unspecified atom stereocenters. The molecule has 2 atom stereocenters. The van der Waals surface area contributed by atoms with Crippen molar-refractivity contribution in [2.45, 2.75) is 23.6 Å². The van der Waals surface area contributed by atoms with Crippen LogP contribution >= 0.6 is 15.9 Å². The number of alkyl halides is 1. The van der Waals surface area contributed by atoms with Crippen LogP contribution in [0, 0.1) is 0 Å². The van der Waals surface area contributed by atoms with Crippen LogP contribution in [0.1, 0.15) is 24.8 Å². The summed E-state index contributed by atoms with van der Waals surface area (Å²) >= 11 is 3.69. The van der Waals surface area contributed by atoms with E-state index in [0.717, 1.165) is 5.92 Å². The van der Waals surface area contributed by atoms with Crippen molar-refractivity contribution >= 4 is 15.9 Å². The van der Waals surface area contributed by atoms with E-state index in [1.165, 1.54) is 12.0 Å². The van der Waals surface area contributed by atoms with Gasteiger partial charge in [0.15, 0.2) is 0 Å². The average Bonchev–Trinajstić information content (AvgIpc) is 2.62. The largest absolute Gasteiger partial charge is 0.0849 e. The standard InChI is InChI=1S/C10H11Br/c1-10(11)7-9(10)8-5-3-2-4-6-8/h2-6,9H,7H2,1H3/t9-,10+/m0/s1. The number of hydrogen-bond acceptors (Lipinski definition) is 0. The molecule has 1 aliphatic rings. The molecule has 0 heterocycles. The summed E-state index contributed by atoms with van der Waals surface area (Å²) in [7, 11) is 0. The van der Waals surface area contributed by atoms with Crippen molar-refractivity contribution < 1.29 is 0 Å². The van der Waals surface area contributed by atoms with E-state index in [1.54, 1.807) is 0 Å². The molecule has 0 nitrogen and oxygen atoms in total. The Bertz CT molecular complexity index is 251. The van der Waals surface area contributed by atoms with Crippen LogP contribution in [0.4, 0.5) is 0 Å². The van der Waals surface area contributed by atoms with Crippen molar-refractivity contribution in [2.75, 3.05) is 0 Å². The first kappa shape index (κ1) is 7.35. The van der Waals surface area contributed by atoms with E-state index in [-0.39, 0.29) is 0 Å². The molecule has 0 saturated heterocycles. The monoisotopic (exact) mass is 210 g/mol. The van der Waals surface area contributed by atoms with Crippen LogP contribution in [0.3, 0.4) is 0 Å². The van der Waals surface area contributed by atoms with Gasteiger partial charge in [-0.1, -0.05) is 46.3 Å². The van der Waals surface area contributed by atoms with Crippen LogP contribution < -0.4 is 0 Å². The van der Waals surface area contributed by atoms with Gasteiger partial charge in [-0.05, 0) is 18.9 Å². The van der Waals surface area contributed by atoms with Crippen LogP contribution in [-0.4, -0.2) is 4.32 Å². The van der Waals surface area contributed by atoms with Gasteiger partial charge in [-0.2, -0.15) is 0 Å². The summed E-state index contributed by atoms with van der Waals surface area (Å²) in [6.45, 7) is 2.25. The Kier molecular flexibility index (Phi) is 1.57. The molecular formula is C10H11Br. The van der Waals surface area contributed by atoms with Crippen molar-refractivity contribution in [3.8, 4) is 0 Å². The Morgan fingerprint density at radius 1 is 1.36 bits per heavy atom. The highest BCUT2D eigenvalue weighted by Gasteiger charge is 2.48. The maximum atomic E-state index is 3.69. The fraction of sp³-hybridized carbons (Fsp3) is 0.400. The first-order valence-electron chi connectivity index (χ1n) is 3.94. The van der Waals surface area contributed by atoms with Gasteiger partial charge < -0.3 is 0 Å². The molecule has 1 aliphatic carbocycles. The molecule has 0 amide bonds. The summed E-state index contributed by atoms with van der Waals surface area (Å²) in [4.78, 5) is 0. The molecule has 1 heteroatoms. The molecule has 58 valence electrons. The molecule has 1 fully saturated rings. The van der Waals surface area contributed by atoms with Crippen LogP contribution in [0.25, 0.3) is 0 Å². The van der Waals surface area contributed by atoms with Crippen molar-refractivity contribution in [2.24, 2.45) is 0 Å². The van der Waals surface area contributed by atoms with Crippen molar-refractivity contribution in [3.63, 3.8) is 0 Å². The van der Waals surface area contributed by atoms with E-state index in [1.807, 2.05) is 0 Å². The molecule has 1 aromatic rings. The highest BCUT2D eigenvalue weighted by molar-refractivity contribution is 9.10. The molecule has 1 saturated carbocycles. The molecule has 0 N–H and O–H groups in total. The third kappa shape index (κ3) is 1.34. The molecule has 0 spiro atoms. The smallest absolute Gasteiger partial charge is 0.0305 e. The van der Waals surface area contributed by atoms with Gasteiger partial charge in [-0.15, -0.1) is 0 Å². The lowest BCUT2D eigenvalue weighted by Crippen LogP contribution is -1.91. The second kappa shape index (κ2) is 2.34. The Morgan fingerprint density at radius 2 is 1.91 bits per heavy atom. The summed E-state index contributed by atoms with van der Waals surface area (Å²) in [6, 6.07) is 10.7. The van der Waals surface area contributed by atoms with E-state index >= 15 is 0 Å². The predicted octanol–water partition coefficient (Wildman–Crippen LogP) is 3.33. The van der Waals surface area contributed by atoms with Gasteiger partial charge in [0.1, 0.15) is 0 Å². The molecule has 1 aromatic carbocycles. The maximum Gasteiger partial charge on any atom is 0.0305 e. The molecule has 0 bridgehead atoms. The summed E-state index contributed by atoms with van der Waals surface area (Å²) in [6.07, 6.45) is 1.27. The highest BCUT2D eigenvalue weighted by Crippen LogP contribution is 2.57. The summed E-state index contributed by atoms with van der Waals surface area (Å²) in [5.41, 5.74) is 1.46. The first-order valence-corrected chi connectivity index (χ1v) is 4.73. The van der Waals surface area contributed by atoms with E-state index in [2.05, 4.69) is 53.2 Å². The van der Waals surface area contributed by atoms with Crippen molar-refractivity contribution in [1.82, 2.24) is 0 Å². The first-order chi connectivity index (χ1) is 5.20. The minimum absolute atomic E-state index is 0.383. The van der Waals surface area contributed by atoms with Crippen LogP contribution in [0.5, 0.6) is 0 Å². The Balaban J connectivity index is 2.21. The SMILES string of the molecule is C[C@@]1(Br)C[C@H]1c1ccccc1. The van der Waals surface area contributed by atoms with Gasteiger partial charge in [0.25, 0.3) is 0 Å². The third-order valence-corrected chi connectivity index (χ3v) is 3.25. The second-order valence-electron chi connectivity index (χ2n) is 3.45. The molecule has 0 radical (unpaired) electrons. The van der Waals surface area contributed by atoms with Gasteiger partial charge in [0.05, 0.1) is 0 Å². The molecule has 2 rings (SSSR count). The predicted molar refractivity (Wildman–Crippen MR) is 51.1 cm³/mol. The average molecular weight is 211 g/mol. The number of hydrogen-bond donors (Lipinski definition) is 0. The molecule has 0 aromatic heterocycles. The number of halogens is 1. The zero-order valence-corrected chi connectivity index (χ0v) is 8.14. The lowest BCUT2D eigenvalue weighted by Gasteiger charge is -2.00. The second-order valence-corrected chi connectivity index (χ2v) is 5.26. The Hall–Kier alpha value is -0.300. The molecule has 0 aliphatic heterocycles. The summed E-state index contributed by atoms with van der Waals surface area (Å²) in [5, 5.41) is 0.